The summed E-state index contributed by atoms with van der Waals surface area (Å²) < 4.78 is 0. The maximum absolute atomic E-state index is 11.6. The first-order chi connectivity index (χ1) is 7.45. The predicted molar refractivity (Wildman–Crippen MR) is 68.8 cm³/mol. The second-order valence-corrected chi connectivity index (χ2v) is 4.41. The number of carbonyl (C=O) groups is 1. The second-order valence-electron chi connectivity index (χ2n) is 3.19. The third-order valence-electron chi connectivity index (χ3n) is 2.07. The molecule has 0 aliphatic rings. The van der Waals surface area contributed by atoms with Crippen LogP contribution in [0.5, 0.6) is 0 Å². The average molecular weight is 282 g/mol. The molecule has 0 saturated heterocycles. The van der Waals surface area contributed by atoms with Crippen LogP contribution >= 0.6 is 34.8 Å². The molecule has 0 spiro atoms. The molecule has 1 aromatic carbocycles. The van der Waals surface area contributed by atoms with Crippen LogP contribution in [0.25, 0.3) is 0 Å². The minimum absolute atomic E-state index is 0.247. The largest absolute Gasteiger partial charge is 0.328 e. The lowest BCUT2D eigenvalue weighted by molar-refractivity contribution is 0.224. The summed E-state index contributed by atoms with van der Waals surface area (Å²) in [6.07, 6.45) is 0. The van der Waals surface area contributed by atoms with E-state index in [0.717, 1.165) is 0 Å². The quantitative estimate of drug-likeness (QED) is 0.812. The summed E-state index contributed by atoms with van der Waals surface area (Å²) in [5.41, 5.74) is 0.446. The molecule has 0 atom stereocenters. The molecule has 3 nitrogen and oxygen atoms in total. The van der Waals surface area contributed by atoms with Crippen molar-refractivity contribution in [3.05, 3.63) is 27.2 Å². The fourth-order valence-corrected chi connectivity index (χ4v) is 1.57. The summed E-state index contributed by atoms with van der Waals surface area (Å²) in [4.78, 5) is 13.1. The Morgan fingerprint density at radius 3 is 2.38 bits per heavy atom. The number of nitrogens with one attached hydrogen (secondary N) is 1. The number of carbonyl (C=O) groups excluding carboxylic acids is 1. The third kappa shape index (κ3) is 3.17. The molecule has 0 heterocycles. The molecule has 16 heavy (non-hydrogen) atoms. The first-order valence-electron chi connectivity index (χ1n) is 4.62. The number of halogens is 3. The van der Waals surface area contributed by atoms with Gasteiger partial charge in [0.2, 0.25) is 0 Å². The van der Waals surface area contributed by atoms with E-state index in [9.17, 15) is 4.79 Å². The van der Waals surface area contributed by atoms with Crippen molar-refractivity contribution < 1.29 is 4.79 Å². The van der Waals surface area contributed by atoms with E-state index in [0.29, 0.717) is 27.3 Å². The van der Waals surface area contributed by atoms with Gasteiger partial charge in [0, 0.05) is 13.6 Å². The molecule has 0 aromatic heterocycles. The minimum atomic E-state index is -0.247. The molecule has 0 saturated carbocycles. The summed E-state index contributed by atoms with van der Waals surface area (Å²) in [5, 5.41) is 3.70. The molecule has 88 valence electrons. The molecular formula is C10H11Cl3N2O. The van der Waals surface area contributed by atoms with Gasteiger partial charge in [-0.1, -0.05) is 34.8 Å². The molecule has 6 heteroatoms. The Morgan fingerprint density at radius 1 is 1.25 bits per heavy atom. The highest BCUT2D eigenvalue weighted by Gasteiger charge is 2.11. The van der Waals surface area contributed by atoms with Gasteiger partial charge in [-0.25, -0.2) is 4.79 Å². The standard InChI is InChI=1S/C10H11Cl3N2O/c1-3-15(2)10(16)14-9-5-7(12)6(11)4-8(9)13/h4-5H,3H2,1-2H3,(H,14,16). The first kappa shape index (κ1) is 13.4. The van der Waals surface area contributed by atoms with E-state index in [2.05, 4.69) is 5.32 Å². The highest BCUT2D eigenvalue weighted by Crippen LogP contribution is 2.32. The third-order valence-corrected chi connectivity index (χ3v) is 3.11. The molecule has 0 radical (unpaired) electrons. The zero-order valence-corrected chi connectivity index (χ0v) is 11.1. The van der Waals surface area contributed by atoms with Gasteiger partial charge in [-0.3, -0.25) is 0 Å². The number of anilines is 1. The SMILES string of the molecule is CCN(C)C(=O)Nc1cc(Cl)c(Cl)cc1Cl. The number of nitrogens with zero attached hydrogens (tertiary/aromatic N) is 1. The lowest BCUT2D eigenvalue weighted by Crippen LogP contribution is -2.31. The first-order valence-corrected chi connectivity index (χ1v) is 5.75. The van der Waals surface area contributed by atoms with Crippen LogP contribution in [-0.2, 0) is 0 Å². The maximum atomic E-state index is 11.6. The van der Waals surface area contributed by atoms with E-state index < -0.39 is 0 Å². The van der Waals surface area contributed by atoms with Crippen molar-refractivity contribution >= 4 is 46.5 Å². The van der Waals surface area contributed by atoms with E-state index in [4.69, 9.17) is 34.8 Å². The van der Waals surface area contributed by atoms with E-state index in [-0.39, 0.29) is 6.03 Å². The smallest absolute Gasteiger partial charge is 0.321 e. The van der Waals surface area contributed by atoms with E-state index in [1.54, 1.807) is 7.05 Å². The monoisotopic (exact) mass is 280 g/mol. The lowest BCUT2D eigenvalue weighted by Gasteiger charge is -2.16. The molecule has 1 rings (SSSR count). The Kier molecular flexibility index (Phi) is 4.71. The van der Waals surface area contributed by atoms with Crippen molar-refractivity contribution in [2.24, 2.45) is 0 Å². The Hall–Kier alpha value is -0.640. The topological polar surface area (TPSA) is 32.3 Å². The van der Waals surface area contributed by atoms with Crippen molar-refractivity contribution in [2.45, 2.75) is 6.92 Å². The molecule has 1 N–H and O–H groups in total. The van der Waals surface area contributed by atoms with Crippen LogP contribution in [0.4, 0.5) is 10.5 Å². The lowest BCUT2D eigenvalue weighted by atomic mass is 10.3. The van der Waals surface area contributed by atoms with Crippen LogP contribution in [0.15, 0.2) is 12.1 Å². The van der Waals surface area contributed by atoms with Gasteiger partial charge < -0.3 is 10.2 Å². The Labute approximate surface area is 109 Å². The molecule has 0 unspecified atom stereocenters. The van der Waals surface area contributed by atoms with Gasteiger partial charge in [0.05, 0.1) is 20.8 Å². The van der Waals surface area contributed by atoms with Crippen molar-refractivity contribution in [3.8, 4) is 0 Å². The Morgan fingerprint density at radius 2 is 1.81 bits per heavy atom. The normalized spacial score (nSPS) is 10.1. The Balaban J connectivity index is 2.90. The van der Waals surface area contributed by atoms with E-state index in [1.807, 2.05) is 6.92 Å². The number of rotatable bonds is 2. The van der Waals surface area contributed by atoms with Crippen molar-refractivity contribution in [3.63, 3.8) is 0 Å². The summed E-state index contributed by atoms with van der Waals surface area (Å²) in [7, 11) is 1.68. The number of urea groups is 1. The molecule has 0 aliphatic carbocycles. The van der Waals surface area contributed by atoms with Crippen LogP contribution in [0, 0.1) is 0 Å². The van der Waals surface area contributed by atoms with Crippen LogP contribution < -0.4 is 5.32 Å². The van der Waals surface area contributed by atoms with E-state index in [1.165, 1.54) is 17.0 Å². The fraction of sp³-hybridized carbons (Fsp3) is 0.300. The molecule has 0 bridgehead atoms. The maximum Gasteiger partial charge on any atom is 0.321 e. The zero-order valence-electron chi connectivity index (χ0n) is 8.85. The number of hydrogen-bond donors (Lipinski definition) is 1. The van der Waals surface area contributed by atoms with Crippen LogP contribution in [0.3, 0.4) is 0 Å². The van der Waals surface area contributed by atoms with E-state index >= 15 is 0 Å². The van der Waals surface area contributed by atoms with Crippen molar-refractivity contribution in [1.82, 2.24) is 4.90 Å². The van der Waals surface area contributed by atoms with Crippen LogP contribution in [0.2, 0.25) is 15.1 Å². The number of hydrogen-bond acceptors (Lipinski definition) is 1. The fourth-order valence-electron chi connectivity index (χ4n) is 0.973. The van der Waals surface area contributed by atoms with Gasteiger partial charge in [0.15, 0.2) is 0 Å². The number of benzene rings is 1. The number of amides is 2. The highest BCUT2D eigenvalue weighted by molar-refractivity contribution is 6.44. The predicted octanol–water partition coefficient (Wildman–Crippen LogP) is 4.13. The van der Waals surface area contributed by atoms with Crippen molar-refractivity contribution in [2.75, 3.05) is 18.9 Å². The summed E-state index contributed by atoms with van der Waals surface area (Å²) >= 11 is 17.5. The minimum Gasteiger partial charge on any atom is -0.328 e. The average Bonchev–Trinajstić information content (AvgIpc) is 2.24. The van der Waals surface area contributed by atoms with Crippen LogP contribution in [-0.4, -0.2) is 24.5 Å². The summed E-state index contributed by atoms with van der Waals surface area (Å²) in [6.45, 7) is 2.47. The molecular weight excluding hydrogens is 270 g/mol. The molecule has 0 aliphatic heterocycles. The van der Waals surface area contributed by atoms with Gasteiger partial charge >= 0.3 is 6.03 Å². The van der Waals surface area contributed by atoms with Gasteiger partial charge in [-0.05, 0) is 19.1 Å². The van der Waals surface area contributed by atoms with Gasteiger partial charge in [-0.15, -0.1) is 0 Å². The molecule has 2 amide bonds. The summed E-state index contributed by atoms with van der Waals surface area (Å²) in [5.74, 6) is 0. The second kappa shape index (κ2) is 5.62. The zero-order chi connectivity index (χ0) is 12.3. The van der Waals surface area contributed by atoms with Gasteiger partial charge in [-0.2, -0.15) is 0 Å². The highest BCUT2D eigenvalue weighted by atomic mass is 35.5. The van der Waals surface area contributed by atoms with Gasteiger partial charge in [0.25, 0.3) is 0 Å². The van der Waals surface area contributed by atoms with Gasteiger partial charge in [0.1, 0.15) is 0 Å². The molecule has 1 aromatic rings. The molecule has 0 fully saturated rings. The Bertz CT molecular complexity index is 409. The van der Waals surface area contributed by atoms with Crippen LogP contribution in [0.1, 0.15) is 6.92 Å². The van der Waals surface area contributed by atoms with Crippen molar-refractivity contribution in [1.29, 1.82) is 0 Å². The summed E-state index contributed by atoms with van der Waals surface area (Å²) in [6, 6.07) is 2.77.